The van der Waals surface area contributed by atoms with Gasteiger partial charge < -0.3 is 4.90 Å². The molecular formula is C50H35N. The van der Waals surface area contributed by atoms with Crippen LogP contribution >= 0.6 is 0 Å². The average molecular weight is 650 g/mol. The normalized spacial score (nSPS) is 11.1. The monoisotopic (exact) mass is 649 g/mol. The minimum absolute atomic E-state index is 1.10. The van der Waals surface area contributed by atoms with Crippen molar-refractivity contribution in [3.63, 3.8) is 0 Å². The van der Waals surface area contributed by atoms with Crippen molar-refractivity contribution < 1.29 is 0 Å². The van der Waals surface area contributed by atoms with Crippen LogP contribution in [0.2, 0.25) is 0 Å². The summed E-state index contributed by atoms with van der Waals surface area (Å²) in [4.78, 5) is 2.37. The minimum Gasteiger partial charge on any atom is -0.310 e. The highest BCUT2D eigenvalue weighted by atomic mass is 15.1. The van der Waals surface area contributed by atoms with Crippen molar-refractivity contribution >= 4 is 38.6 Å². The van der Waals surface area contributed by atoms with E-state index in [4.69, 9.17) is 0 Å². The van der Waals surface area contributed by atoms with E-state index in [1.807, 2.05) is 0 Å². The second kappa shape index (κ2) is 13.3. The van der Waals surface area contributed by atoms with Crippen molar-refractivity contribution in [2.75, 3.05) is 4.90 Å². The maximum absolute atomic E-state index is 2.37. The van der Waals surface area contributed by atoms with Gasteiger partial charge in [-0.3, -0.25) is 0 Å². The van der Waals surface area contributed by atoms with Crippen LogP contribution in [0, 0.1) is 0 Å². The van der Waals surface area contributed by atoms with Crippen molar-refractivity contribution in [1.29, 1.82) is 0 Å². The van der Waals surface area contributed by atoms with Gasteiger partial charge in [-0.05, 0) is 115 Å². The summed E-state index contributed by atoms with van der Waals surface area (Å²) < 4.78 is 0. The Hall–Kier alpha value is -6.70. The predicted octanol–water partition coefficient (Wildman–Crippen LogP) is 14.1. The number of hydrogen-bond acceptors (Lipinski definition) is 1. The van der Waals surface area contributed by atoms with E-state index in [1.54, 1.807) is 0 Å². The minimum atomic E-state index is 1.10. The molecule has 1 heteroatoms. The smallest absolute Gasteiger partial charge is 0.0467 e. The SMILES string of the molecule is c1ccc(-c2ccc(N(c3ccc(-c4cccc(-c5ccccc5)c4)cc3)c3cccc(-c4cc5ccccc5c5ccccc45)c3)cc2)cc1. The van der Waals surface area contributed by atoms with Gasteiger partial charge in [0, 0.05) is 17.1 Å². The van der Waals surface area contributed by atoms with E-state index in [-0.39, 0.29) is 0 Å². The lowest BCUT2D eigenvalue weighted by Crippen LogP contribution is -2.10. The Kier molecular flexibility index (Phi) is 7.92. The largest absolute Gasteiger partial charge is 0.310 e. The highest BCUT2D eigenvalue weighted by molar-refractivity contribution is 6.13. The first-order valence-electron chi connectivity index (χ1n) is 17.5. The fraction of sp³-hybridized carbons (Fsp3) is 0. The van der Waals surface area contributed by atoms with Gasteiger partial charge in [0.25, 0.3) is 0 Å². The molecule has 0 saturated heterocycles. The molecule has 9 aromatic rings. The molecule has 0 spiro atoms. The molecule has 0 aliphatic rings. The zero-order chi connectivity index (χ0) is 34.0. The molecule has 0 amide bonds. The molecule has 0 unspecified atom stereocenters. The van der Waals surface area contributed by atoms with E-state index in [0.717, 1.165) is 17.1 Å². The first-order chi connectivity index (χ1) is 25.3. The number of nitrogens with zero attached hydrogens (tertiary/aromatic N) is 1. The summed E-state index contributed by atoms with van der Waals surface area (Å²) in [5.41, 5.74) is 13.0. The molecule has 0 aromatic heterocycles. The molecule has 0 aliphatic carbocycles. The first kappa shape index (κ1) is 30.4. The Morgan fingerprint density at radius 1 is 0.235 bits per heavy atom. The Morgan fingerprint density at radius 3 is 1.33 bits per heavy atom. The molecule has 0 heterocycles. The number of anilines is 3. The van der Waals surface area contributed by atoms with Gasteiger partial charge in [-0.2, -0.15) is 0 Å². The van der Waals surface area contributed by atoms with Gasteiger partial charge in [0.05, 0.1) is 0 Å². The summed E-state index contributed by atoms with van der Waals surface area (Å²) in [7, 11) is 0. The van der Waals surface area contributed by atoms with E-state index in [2.05, 4.69) is 217 Å². The lowest BCUT2D eigenvalue weighted by molar-refractivity contribution is 1.28. The van der Waals surface area contributed by atoms with Crippen molar-refractivity contribution in [3.05, 3.63) is 212 Å². The first-order valence-corrected chi connectivity index (χ1v) is 17.5. The summed E-state index contributed by atoms with van der Waals surface area (Å²) in [5.74, 6) is 0. The standard InChI is InChI=1S/C50H35N/c1-3-13-36(14-4-1)38-25-29-44(30-26-38)51(45-31-27-39(28-32-45)41-19-11-18-40(33-41)37-15-5-2-6-16-37)46-21-12-20-42(34-46)50-35-43-17-7-8-22-47(43)48-23-9-10-24-49(48)50/h1-35H. The van der Waals surface area contributed by atoms with Crippen LogP contribution in [0.25, 0.3) is 66.1 Å². The lowest BCUT2D eigenvalue weighted by Gasteiger charge is -2.26. The second-order valence-electron chi connectivity index (χ2n) is 13.0. The van der Waals surface area contributed by atoms with Crippen LogP contribution in [0.4, 0.5) is 17.1 Å². The van der Waals surface area contributed by atoms with Crippen molar-refractivity contribution in [2.45, 2.75) is 0 Å². The van der Waals surface area contributed by atoms with Gasteiger partial charge in [0.15, 0.2) is 0 Å². The predicted molar refractivity (Wildman–Crippen MR) is 218 cm³/mol. The van der Waals surface area contributed by atoms with Crippen LogP contribution < -0.4 is 4.90 Å². The summed E-state index contributed by atoms with van der Waals surface area (Å²) in [6.07, 6.45) is 0. The fourth-order valence-electron chi connectivity index (χ4n) is 7.30. The molecule has 0 fully saturated rings. The fourth-order valence-corrected chi connectivity index (χ4v) is 7.30. The quantitative estimate of drug-likeness (QED) is 0.155. The van der Waals surface area contributed by atoms with Crippen molar-refractivity contribution in [2.24, 2.45) is 0 Å². The van der Waals surface area contributed by atoms with Crippen molar-refractivity contribution in [1.82, 2.24) is 0 Å². The van der Waals surface area contributed by atoms with Crippen LogP contribution in [0.15, 0.2) is 212 Å². The summed E-state index contributed by atoms with van der Waals surface area (Å²) in [6, 6.07) is 76.6. The molecule has 9 aromatic carbocycles. The number of rotatable bonds is 7. The van der Waals surface area contributed by atoms with E-state index < -0.39 is 0 Å². The second-order valence-corrected chi connectivity index (χ2v) is 13.0. The van der Waals surface area contributed by atoms with Gasteiger partial charge in [-0.25, -0.2) is 0 Å². The molecule has 9 rings (SSSR count). The van der Waals surface area contributed by atoms with Gasteiger partial charge in [0.1, 0.15) is 0 Å². The van der Waals surface area contributed by atoms with Gasteiger partial charge >= 0.3 is 0 Å². The molecule has 240 valence electrons. The van der Waals surface area contributed by atoms with Crippen LogP contribution in [0.1, 0.15) is 0 Å². The van der Waals surface area contributed by atoms with E-state index in [9.17, 15) is 0 Å². The molecular weight excluding hydrogens is 615 g/mol. The lowest BCUT2D eigenvalue weighted by atomic mass is 9.93. The molecule has 0 atom stereocenters. The third-order valence-corrected chi connectivity index (χ3v) is 9.84. The third kappa shape index (κ3) is 5.96. The highest BCUT2D eigenvalue weighted by Gasteiger charge is 2.16. The molecule has 0 radical (unpaired) electrons. The highest BCUT2D eigenvalue weighted by Crippen LogP contribution is 2.41. The van der Waals surface area contributed by atoms with Gasteiger partial charge in [-0.15, -0.1) is 0 Å². The van der Waals surface area contributed by atoms with Crippen LogP contribution in [-0.2, 0) is 0 Å². The van der Waals surface area contributed by atoms with E-state index in [1.165, 1.54) is 66.1 Å². The zero-order valence-corrected chi connectivity index (χ0v) is 28.2. The Labute approximate surface area is 299 Å². The van der Waals surface area contributed by atoms with Gasteiger partial charge in [0.2, 0.25) is 0 Å². The van der Waals surface area contributed by atoms with Crippen LogP contribution in [0.5, 0.6) is 0 Å². The summed E-state index contributed by atoms with van der Waals surface area (Å²) in [6.45, 7) is 0. The topological polar surface area (TPSA) is 3.24 Å². The van der Waals surface area contributed by atoms with E-state index >= 15 is 0 Å². The molecule has 51 heavy (non-hydrogen) atoms. The number of fused-ring (bicyclic) bond motifs is 3. The van der Waals surface area contributed by atoms with Crippen LogP contribution in [-0.4, -0.2) is 0 Å². The van der Waals surface area contributed by atoms with Gasteiger partial charge in [-0.1, -0.05) is 164 Å². The Bertz CT molecular complexity index is 2600. The van der Waals surface area contributed by atoms with E-state index in [0.29, 0.717) is 0 Å². The molecule has 0 aliphatic heterocycles. The maximum Gasteiger partial charge on any atom is 0.0467 e. The molecule has 0 saturated carbocycles. The van der Waals surface area contributed by atoms with Crippen molar-refractivity contribution in [3.8, 4) is 44.5 Å². The summed E-state index contributed by atoms with van der Waals surface area (Å²) in [5, 5.41) is 5.06. The Morgan fingerprint density at radius 2 is 0.686 bits per heavy atom. The maximum atomic E-state index is 2.37. The number of hydrogen-bond donors (Lipinski definition) is 0. The molecule has 1 nitrogen and oxygen atoms in total. The Balaban J connectivity index is 1.15. The van der Waals surface area contributed by atoms with Crippen LogP contribution in [0.3, 0.4) is 0 Å². The molecule has 0 N–H and O–H groups in total. The molecule has 0 bridgehead atoms. The zero-order valence-electron chi connectivity index (χ0n) is 28.2. The average Bonchev–Trinajstić information content (AvgIpc) is 3.22. The summed E-state index contributed by atoms with van der Waals surface area (Å²) >= 11 is 0. The third-order valence-electron chi connectivity index (χ3n) is 9.84. The number of benzene rings is 9.